The van der Waals surface area contributed by atoms with Gasteiger partial charge in [0.1, 0.15) is 11.9 Å². The number of unbranched alkanes of at least 4 members (excludes halogenated alkanes) is 1. The molecule has 396 valence electrons. The third-order valence-electron chi connectivity index (χ3n) is 11.5. The van der Waals surface area contributed by atoms with Crippen molar-refractivity contribution in [3.63, 3.8) is 0 Å². The molecular weight excluding hydrogens is 942 g/mol. The molecule has 0 aromatic heterocycles. The summed E-state index contributed by atoms with van der Waals surface area (Å²) in [5.74, 6) is -19.2. The molecule has 0 saturated carbocycles. The number of allylic oxidation sites excluding steroid dienone is 2. The Morgan fingerprint density at radius 1 is 0.700 bits per heavy atom. The summed E-state index contributed by atoms with van der Waals surface area (Å²) in [6.45, 7) is 17.0. The largest absolute Gasteiger partial charge is 0.494 e. The smallest absolute Gasteiger partial charge is 0.460 e. The molecule has 0 spiro atoms. The highest BCUT2D eigenvalue weighted by molar-refractivity contribution is 5.75. The van der Waals surface area contributed by atoms with E-state index in [0.29, 0.717) is 49.4 Å². The van der Waals surface area contributed by atoms with E-state index in [-0.39, 0.29) is 48.8 Å². The maximum absolute atomic E-state index is 13.9. The zero-order chi connectivity index (χ0) is 53.1. The number of amides is 1. The van der Waals surface area contributed by atoms with Crippen LogP contribution in [-0.4, -0.2) is 81.8 Å². The summed E-state index contributed by atoms with van der Waals surface area (Å²) in [5, 5.41) is 0. The molecule has 0 unspecified atom stereocenters. The number of carbonyl (C=O) groups excluding carboxylic acids is 2. The average molecular weight is 1010 g/mol. The highest BCUT2D eigenvalue weighted by Gasteiger charge is 2.81. The maximum Gasteiger partial charge on any atom is 0.460 e. The number of methoxy groups -OCH3 is 2. The number of carbonyl (C=O) groups is 2. The number of nitrogens with two attached hydrogens (primary N) is 1. The van der Waals surface area contributed by atoms with Gasteiger partial charge in [-0.3, -0.25) is 4.79 Å². The molecule has 2 aromatic carbocycles. The Morgan fingerprint density at radius 2 is 1.27 bits per heavy atom. The van der Waals surface area contributed by atoms with Gasteiger partial charge in [-0.05, 0) is 88.3 Å². The van der Waals surface area contributed by atoms with Gasteiger partial charge >= 0.3 is 36.0 Å². The predicted octanol–water partition coefficient (Wildman–Crippen LogP) is 13.3. The molecule has 2 aromatic rings. The number of rotatable bonds is 31. The minimum Gasteiger partial charge on any atom is -0.494 e. The van der Waals surface area contributed by atoms with E-state index in [4.69, 9.17) is 38.9 Å². The van der Waals surface area contributed by atoms with Crippen LogP contribution in [-0.2, 0) is 37.0 Å². The number of hydrogen-bond acceptors (Lipinski definition) is 9. The van der Waals surface area contributed by atoms with E-state index < -0.39 is 73.0 Å². The molecule has 7 atom stereocenters. The van der Waals surface area contributed by atoms with Gasteiger partial charge in [0, 0.05) is 30.1 Å². The molecule has 19 heteroatoms. The fourth-order valence-electron chi connectivity index (χ4n) is 7.23. The number of primary amides is 1. The molecule has 0 aliphatic carbocycles. The summed E-state index contributed by atoms with van der Waals surface area (Å²) >= 11 is 0. The summed E-state index contributed by atoms with van der Waals surface area (Å²) in [5.41, 5.74) is 6.35. The van der Waals surface area contributed by atoms with E-state index in [1.54, 1.807) is 53.2 Å². The van der Waals surface area contributed by atoms with E-state index >= 15 is 0 Å². The second-order valence-electron chi connectivity index (χ2n) is 18.3. The molecule has 70 heavy (non-hydrogen) atoms. The van der Waals surface area contributed by atoms with Gasteiger partial charge in [0.2, 0.25) is 0 Å². The third-order valence-corrected chi connectivity index (χ3v) is 11.5. The van der Waals surface area contributed by atoms with Crippen molar-refractivity contribution in [2.45, 2.75) is 142 Å². The lowest BCUT2D eigenvalue weighted by Gasteiger charge is -2.33. The zero-order valence-electron chi connectivity index (χ0n) is 41.4. The maximum atomic E-state index is 13.9. The van der Waals surface area contributed by atoms with Crippen molar-refractivity contribution in [1.29, 1.82) is 0 Å². The van der Waals surface area contributed by atoms with E-state index in [9.17, 15) is 49.1 Å². The Labute approximate surface area is 406 Å². The molecule has 0 bridgehead atoms. The van der Waals surface area contributed by atoms with Gasteiger partial charge in [-0.2, -0.15) is 39.5 Å². The van der Waals surface area contributed by atoms with Gasteiger partial charge in [-0.15, -0.1) is 6.58 Å². The average Bonchev–Trinajstić information content (AvgIpc) is 3.29. The third kappa shape index (κ3) is 18.4. The van der Waals surface area contributed by atoms with Crippen molar-refractivity contribution < 1.29 is 82.3 Å². The van der Waals surface area contributed by atoms with E-state index in [2.05, 4.69) is 31.7 Å². The first kappa shape index (κ1) is 61.2. The number of benzene rings is 2. The monoisotopic (exact) mass is 1010 g/mol. The topological polar surface area (TPSA) is 125 Å². The van der Waals surface area contributed by atoms with Crippen molar-refractivity contribution in [2.24, 2.45) is 34.8 Å². The lowest BCUT2D eigenvalue weighted by Crippen LogP contribution is -2.60. The molecule has 0 fully saturated rings. The first-order valence-corrected chi connectivity index (χ1v) is 23.0. The zero-order valence-corrected chi connectivity index (χ0v) is 41.4. The van der Waals surface area contributed by atoms with Crippen LogP contribution in [0.1, 0.15) is 98.1 Å². The van der Waals surface area contributed by atoms with Gasteiger partial charge in [0.25, 0.3) is 0 Å². The minimum absolute atomic E-state index is 0.0326. The predicted molar refractivity (Wildman–Crippen MR) is 247 cm³/mol. The summed E-state index contributed by atoms with van der Waals surface area (Å²) in [6, 6.07) is 11.5. The van der Waals surface area contributed by atoms with Crippen LogP contribution in [0.4, 0.5) is 44.3 Å². The van der Waals surface area contributed by atoms with Gasteiger partial charge in [0.15, 0.2) is 11.5 Å². The van der Waals surface area contributed by atoms with E-state index in [0.717, 1.165) is 5.56 Å². The normalized spacial score (nSPS) is 16.0. The fourth-order valence-corrected chi connectivity index (χ4v) is 7.23. The van der Waals surface area contributed by atoms with Crippen LogP contribution in [0.5, 0.6) is 17.2 Å². The Morgan fingerprint density at radius 3 is 1.81 bits per heavy atom. The SMILES string of the molecule is C=C[C@H](C)[C@H](OC(N)=O)[C@@H](C)[C@@H](CC/C=C\[C@H](C)[C@@H](OCc1ccc(OC)c(OC)c1)[C@@H](C)/C=C\CCCOC(=O)C(C)(C)C)OCc1ccc(OCCCC(F)(F)C(F)(F)C(F)(F)C(F)(F)F)cc1. The summed E-state index contributed by atoms with van der Waals surface area (Å²) < 4.78 is 159. The number of halogens is 9. The first-order chi connectivity index (χ1) is 32.5. The number of hydrogen-bond donors (Lipinski definition) is 1. The molecule has 0 aliphatic heterocycles. The van der Waals surface area contributed by atoms with Crippen molar-refractivity contribution >= 4 is 12.1 Å². The molecule has 1 amide bonds. The van der Waals surface area contributed by atoms with Crippen LogP contribution < -0.4 is 19.9 Å². The molecule has 0 saturated heterocycles. The standard InChI is InChI=1S/C51H70F9NO9/c1-11-33(2)44(70-46(61)63)36(5)40(68-31-37-21-24-39(25-22-37)66-29-17-27-48(52,53)49(54,55)50(56,57)51(58,59)60)20-15-14-19-35(4)43(69-32-38-23-26-41(64-9)42(30-38)65-10)34(3)18-13-12-16-28-67-45(62)47(6,7)8/h11,13-14,18-19,21-26,30,33-36,40,43-44H,1,12,15-17,20,27-29,31-32H2,2-10H3,(H2,61,63)/b18-13-,19-14-/t33-,34-,35-,36-,40+,43-,44-/m0/s1. The van der Waals surface area contributed by atoms with E-state index in [1.807, 2.05) is 45.0 Å². The summed E-state index contributed by atoms with van der Waals surface area (Å²) in [4.78, 5) is 24.1. The van der Waals surface area contributed by atoms with Crippen molar-refractivity contribution in [1.82, 2.24) is 0 Å². The Balaban J connectivity index is 2.22. The van der Waals surface area contributed by atoms with Crippen LogP contribution in [0, 0.1) is 29.1 Å². The van der Waals surface area contributed by atoms with E-state index in [1.165, 1.54) is 12.1 Å². The Bertz CT molecular complexity index is 1970. The highest BCUT2D eigenvalue weighted by atomic mass is 19.4. The van der Waals surface area contributed by atoms with Crippen LogP contribution >= 0.6 is 0 Å². The summed E-state index contributed by atoms with van der Waals surface area (Å²) in [6.07, 6.45) is -0.151. The van der Waals surface area contributed by atoms with Gasteiger partial charge in [0.05, 0.1) is 58.3 Å². The van der Waals surface area contributed by atoms with Crippen molar-refractivity contribution in [2.75, 3.05) is 27.4 Å². The minimum atomic E-state index is -6.95. The van der Waals surface area contributed by atoms with Gasteiger partial charge < -0.3 is 38.9 Å². The van der Waals surface area contributed by atoms with Crippen LogP contribution in [0.3, 0.4) is 0 Å². The van der Waals surface area contributed by atoms with Gasteiger partial charge in [-0.25, -0.2) is 4.79 Å². The number of esters is 1. The first-order valence-electron chi connectivity index (χ1n) is 23.0. The molecule has 0 aliphatic rings. The second-order valence-corrected chi connectivity index (χ2v) is 18.3. The molecule has 0 radical (unpaired) electrons. The van der Waals surface area contributed by atoms with Crippen molar-refractivity contribution in [3.05, 3.63) is 90.6 Å². The fraction of sp³-hybridized carbons (Fsp3) is 0.608. The van der Waals surface area contributed by atoms with Crippen LogP contribution in [0.15, 0.2) is 79.4 Å². The second kappa shape index (κ2) is 27.6. The molecule has 2 N–H and O–H groups in total. The Kier molecular flexibility index (Phi) is 24.2. The molecule has 10 nitrogen and oxygen atoms in total. The molecule has 0 heterocycles. The molecular formula is C51H70F9NO9. The lowest BCUT2D eigenvalue weighted by molar-refractivity contribution is -0.396. The highest BCUT2D eigenvalue weighted by Crippen LogP contribution is 2.54. The van der Waals surface area contributed by atoms with Crippen molar-refractivity contribution in [3.8, 4) is 17.2 Å². The molecule has 2 rings (SSSR count). The number of alkyl halides is 9. The number of ether oxygens (including phenoxy) is 7. The van der Waals surface area contributed by atoms with Crippen LogP contribution in [0.2, 0.25) is 0 Å². The summed E-state index contributed by atoms with van der Waals surface area (Å²) in [7, 11) is 3.11. The quantitative estimate of drug-likeness (QED) is 0.0340. The Hall–Kier alpha value is -4.91. The lowest BCUT2D eigenvalue weighted by atomic mass is 9.87. The van der Waals surface area contributed by atoms with Gasteiger partial charge in [-0.1, -0.05) is 76.3 Å². The van der Waals surface area contributed by atoms with Crippen LogP contribution in [0.25, 0.3) is 0 Å².